The Morgan fingerprint density at radius 2 is 1.91 bits per heavy atom. The molecule has 6 heteroatoms. The lowest BCUT2D eigenvalue weighted by molar-refractivity contribution is -0.119. The zero-order valence-corrected chi connectivity index (χ0v) is 13.8. The number of rotatable bonds is 7. The summed E-state index contributed by atoms with van der Waals surface area (Å²) in [7, 11) is 3.16. The van der Waals surface area contributed by atoms with Gasteiger partial charge in [0.05, 0.1) is 26.5 Å². The maximum Gasteiger partial charge on any atom is 0.239 e. The van der Waals surface area contributed by atoms with E-state index in [1.165, 1.54) is 0 Å². The van der Waals surface area contributed by atoms with Crippen molar-refractivity contribution in [3.05, 3.63) is 53.1 Å². The minimum Gasteiger partial charge on any atom is -0.497 e. The van der Waals surface area contributed by atoms with Crippen LogP contribution in [-0.4, -0.2) is 26.7 Å². The molecule has 2 rings (SSSR count). The molecule has 0 atom stereocenters. The Hall–Kier alpha value is -2.40. The number of amides is 1. The molecule has 2 N–H and O–H groups in total. The van der Waals surface area contributed by atoms with Crippen molar-refractivity contribution in [1.82, 2.24) is 5.32 Å². The fraction of sp³-hybridized carbons (Fsp3) is 0.235. The second kappa shape index (κ2) is 8.29. The molecule has 0 unspecified atom stereocenters. The average Bonchev–Trinajstić information content (AvgIpc) is 2.58. The quantitative estimate of drug-likeness (QED) is 0.817. The van der Waals surface area contributed by atoms with Gasteiger partial charge in [0, 0.05) is 17.6 Å². The average molecular weight is 335 g/mol. The van der Waals surface area contributed by atoms with Crippen molar-refractivity contribution in [3.63, 3.8) is 0 Å². The van der Waals surface area contributed by atoms with Crippen LogP contribution in [0, 0.1) is 0 Å². The molecule has 0 aliphatic carbocycles. The first-order valence-corrected chi connectivity index (χ1v) is 7.48. The Morgan fingerprint density at radius 3 is 2.61 bits per heavy atom. The van der Waals surface area contributed by atoms with Gasteiger partial charge in [-0.2, -0.15) is 0 Å². The van der Waals surface area contributed by atoms with E-state index in [1.807, 2.05) is 18.2 Å². The molecule has 122 valence electrons. The Kier molecular flexibility index (Phi) is 6.11. The SMILES string of the molecule is COc1ccc(OC)c(NCC(=O)NCc2ccccc2Cl)c1. The Morgan fingerprint density at radius 1 is 1.13 bits per heavy atom. The summed E-state index contributed by atoms with van der Waals surface area (Å²) in [6, 6.07) is 12.8. The van der Waals surface area contributed by atoms with E-state index in [0.29, 0.717) is 28.8 Å². The number of hydrogen-bond donors (Lipinski definition) is 2. The number of anilines is 1. The van der Waals surface area contributed by atoms with Crippen molar-refractivity contribution in [3.8, 4) is 11.5 Å². The van der Waals surface area contributed by atoms with Crippen LogP contribution in [0.5, 0.6) is 11.5 Å². The monoisotopic (exact) mass is 334 g/mol. The molecule has 0 aliphatic heterocycles. The largest absolute Gasteiger partial charge is 0.497 e. The number of carbonyl (C=O) groups is 1. The highest BCUT2D eigenvalue weighted by Crippen LogP contribution is 2.28. The van der Waals surface area contributed by atoms with E-state index >= 15 is 0 Å². The lowest BCUT2D eigenvalue weighted by Gasteiger charge is -2.13. The van der Waals surface area contributed by atoms with Crippen molar-refractivity contribution in [2.75, 3.05) is 26.1 Å². The first-order chi connectivity index (χ1) is 11.1. The summed E-state index contributed by atoms with van der Waals surface area (Å²) in [5.74, 6) is 1.18. The third-order valence-corrected chi connectivity index (χ3v) is 3.65. The van der Waals surface area contributed by atoms with Gasteiger partial charge in [0.15, 0.2) is 0 Å². The highest BCUT2D eigenvalue weighted by molar-refractivity contribution is 6.31. The van der Waals surface area contributed by atoms with Gasteiger partial charge < -0.3 is 20.1 Å². The fourth-order valence-electron chi connectivity index (χ4n) is 2.03. The molecule has 0 saturated heterocycles. The highest BCUT2D eigenvalue weighted by atomic mass is 35.5. The minimum atomic E-state index is -0.144. The van der Waals surface area contributed by atoms with Crippen LogP contribution in [0.2, 0.25) is 5.02 Å². The predicted molar refractivity (Wildman–Crippen MR) is 91.3 cm³/mol. The van der Waals surface area contributed by atoms with Gasteiger partial charge >= 0.3 is 0 Å². The topological polar surface area (TPSA) is 59.6 Å². The molecular formula is C17H19ClN2O3. The van der Waals surface area contributed by atoms with Crippen molar-refractivity contribution in [1.29, 1.82) is 0 Å². The number of ether oxygens (including phenoxy) is 2. The van der Waals surface area contributed by atoms with Gasteiger partial charge in [-0.05, 0) is 23.8 Å². The normalized spacial score (nSPS) is 10.0. The molecule has 0 aromatic heterocycles. The summed E-state index contributed by atoms with van der Waals surface area (Å²) >= 11 is 6.06. The maximum absolute atomic E-state index is 12.0. The second-order valence-electron chi connectivity index (χ2n) is 4.79. The van der Waals surface area contributed by atoms with Gasteiger partial charge in [-0.3, -0.25) is 4.79 Å². The van der Waals surface area contributed by atoms with Crippen LogP contribution in [0.15, 0.2) is 42.5 Å². The summed E-state index contributed by atoms with van der Waals surface area (Å²) in [4.78, 5) is 12.0. The van der Waals surface area contributed by atoms with E-state index in [9.17, 15) is 4.79 Å². The maximum atomic E-state index is 12.0. The first kappa shape index (κ1) is 17.0. The van der Waals surface area contributed by atoms with Crippen LogP contribution in [0.1, 0.15) is 5.56 Å². The number of benzene rings is 2. The van der Waals surface area contributed by atoms with Gasteiger partial charge in [0.2, 0.25) is 5.91 Å². The zero-order valence-electron chi connectivity index (χ0n) is 13.1. The summed E-state index contributed by atoms with van der Waals surface area (Å²) in [5.41, 5.74) is 1.57. The number of nitrogens with one attached hydrogen (secondary N) is 2. The molecular weight excluding hydrogens is 316 g/mol. The van der Waals surface area contributed by atoms with E-state index in [-0.39, 0.29) is 12.5 Å². The Balaban J connectivity index is 1.90. The molecule has 0 aliphatic rings. The lowest BCUT2D eigenvalue weighted by Crippen LogP contribution is -2.29. The van der Waals surface area contributed by atoms with Gasteiger partial charge in [0.1, 0.15) is 11.5 Å². The molecule has 0 bridgehead atoms. The first-order valence-electron chi connectivity index (χ1n) is 7.10. The van der Waals surface area contributed by atoms with Crippen molar-refractivity contribution in [2.24, 2.45) is 0 Å². The van der Waals surface area contributed by atoms with E-state index < -0.39 is 0 Å². The molecule has 0 radical (unpaired) electrons. The smallest absolute Gasteiger partial charge is 0.239 e. The molecule has 0 fully saturated rings. The summed E-state index contributed by atoms with van der Waals surface area (Å²) < 4.78 is 10.4. The standard InChI is InChI=1S/C17H19ClN2O3/c1-22-13-7-8-16(23-2)15(9-13)19-11-17(21)20-10-12-5-3-4-6-14(12)18/h3-9,19H,10-11H2,1-2H3,(H,20,21). The molecule has 0 saturated carbocycles. The van der Waals surface area contributed by atoms with Crippen molar-refractivity contribution in [2.45, 2.75) is 6.54 Å². The van der Waals surface area contributed by atoms with Crippen LogP contribution in [0.4, 0.5) is 5.69 Å². The summed E-state index contributed by atoms with van der Waals surface area (Å²) in [5, 5.41) is 6.49. The van der Waals surface area contributed by atoms with E-state index in [2.05, 4.69) is 10.6 Å². The second-order valence-corrected chi connectivity index (χ2v) is 5.20. The van der Waals surface area contributed by atoms with Crippen LogP contribution in [0.3, 0.4) is 0 Å². The minimum absolute atomic E-state index is 0.119. The Labute approximate surface area is 140 Å². The summed E-state index contributed by atoms with van der Waals surface area (Å²) in [6.07, 6.45) is 0. The summed E-state index contributed by atoms with van der Waals surface area (Å²) in [6.45, 7) is 0.503. The van der Waals surface area contributed by atoms with Crippen LogP contribution in [0.25, 0.3) is 0 Å². The molecule has 5 nitrogen and oxygen atoms in total. The predicted octanol–water partition coefficient (Wildman–Crippen LogP) is 3.09. The van der Waals surface area contributed by atoms with Crippen molar-refractivity contribution >= 4 is 23.2 Å². The number of carbonyl (C=O) groups excluding carboxylic acids is 1. The third kappa shape index (κ3) is 4.79. The van der Waals surface area contributed by atoms with Crippen LogP contribution < -0.4 is 20.1 Å². The molecule has 2 aromatic rings. The van der Waals surface area contributed by atoms with E-state index in [0.717, 1.165) is 5.56 Å². The number of methoxy groups -OCH3 is 2. The molecule has 2 aromatic carbocycles. The highest BCUT2D eigenvalue weighted by Gasteiger charge is 2.08. The fourth-order valence-corrected chi connectivity index (χ4v) is 2.23. The van der Waals surface area contributed by atoms with Crippen LogP contribution in [-0.2, 0) is 11.3 Å². The van der Waals surface area contributed by atoms with Crippen molar-refractivity contribution < 1.29 is 14.3 Å². The van der Waals surface area contributed by atoms with Gasteiger partial charge in [-0.25, -0.2) is 0 Å². The Bertz CT molecular complexity index is 677. The third-order valence-electron chi connectivity index (χ3n) is 3.28. The number of hydrogen-bond acceptors (Lipinski definition) is 4. The lowest BCUT2D eigenvalue weighted by atomic mass is 10.2. The van der Waals surface area contributed by atoms with Crippen LogP contribution >= 0.6 is 11.6 Å². The molecule has 0 spiro atoms. The van der Waals surface area contributed by atoms with E-state index in [4.69, 9.17) is 21.1 Å². The van der Waals surface area contributed by atoms with Gasteiger partial charge in [0.25, 0.3) is 0 Å². The van der Waals surface area contributed by atoms with E-state index in [1.54, 1.807) is 38.5 Å². The number of halogens is 1. The van der Waals surface area contributed by atoms with Gasteiger partial charge in [-0.1, -0.05) is 29.8 Å². The van der Waals surface area contributed by atoms with Gasteiger partial charge in [-0.15, -0.1) is 0 Å². The molecule has 1 amide bonds. The molecule has 0 heterocycles. The zero-order chi connectivity index (χ0) is 16.7. The molecule has 23 heavy (non-hydrogen) atoms.